The van der Waals surface area contributed by atoms with Gasteiger partial charge in [0.25, 0.3) is 5.91 Å². The van der Waals surface area contributed by atoms with E-state index in [4.69, 9.17) is 13.9 Å². The van der Waals surface area contributed by atoms with Crippen molar-refractivity contribution in [1.82, 2.24) is 4.90 Å². The largest absolute Gasteiger partial charge is 0.497 e. The van der Waals surface area contributed by atoms with Crippen molar-refractivity contribution < 1.29 is 31.9 Å². The normalized spacial score (nSPS) is 11.2. The molecule has 0 aliphatic heterocycles. The lowest BCUT2D eigenvalue weighted by Crippen LogP contribution is -2.38. The quantitative estimate of drug-likeness (QED) is 0.806. The van der Waals surface area contributed by atoms with E-state index in [0.717, 1.165) is 0 Å². The summed E-state index contributed by atoms with van der Waals surface area (Å²) in [7, 11) is 2.73. The van der Waals surface area contributed by atoms with Crippen LogP contribution in [0.3, 0.4) is 0 Å². The third-order valence-corrected chi connectivity index (χ3v) is 3.22. The van der Waals surface area contributed by atoms with Crippen LogP contribution >= 0.6 is 0 Å². The van der Waals surface area contributed by atoms with Crippen LogP contribution in [0.2, 0.25) is 0 Å². The van der Waals surface area contributed by atoms with Gasteiger partial charge in [-0.25, -0.2) is 0 Å². The number of amides is 1. The molecule has 0 radical (unpaired) electrons. The third-order valence-electron chi connectivity index (χ3n) is 3.22. The maximum Gasteiger partial charge on any atom is 0.406 e. The number of ether oxygens (including phenoxy) is 2. The van der Waals surface area contributed by atoms with E-state index in [2.05, 4.69) is 0 Å². The van der Waals surface area contributed by atoms with E-state index in [1.165, 1.54) is 44.7 Å². The predicted molar refractivity (Wildman–Crippen MR) is 79.0 cm³/mol. The standard InChI is InChI=1S/C16H16F3NO4/c1-22-11-5-6-14(23-2)13(8-11)15(21)20(10-16(17,18)19)9-12-4-3-7-24-12/h3-8H,9-10H2,1-2H3. The van der Waals surface area contributed by atoms with Gasteiger partial charge in [-0.15, -0.1) is 0 Å². The minimum absolute atomic E-state index is 0.0207. The number of hydrogen-bond acceptors (Lipinski definition) is 4. The van der Waals surface area contributed by atoms with Crippen molar-refractivity contribution in [1.29, 1.82) is 0 Å². The molecule has 0 spiro atoms. The highest BCUT2D eigenvalue weighted by atomic mass is 19.4. The first-order valence-corrected chi connectivity index (χ1v) is 6.94. The Balaban J connectivity index is 2.36. The molecule has 0 aliphatic rings. The van der Waals surface area contributed by atoms with Gasteiger partial charge in [0.15, 0.2) is 0 Å². The molecule has 2 aromatic rings. The minimum atomic E-state index is -4.55. The van der Waals surface area contributed by atoms with Gasteiger partial charge in [0.1, 0.15) is 23.8 Å². The summed E-state index contributed by atoms with van der Waals surface area (Å²) < 4.78 is 53.7. The van der Waals surface area contributed by atoms with Gasteiger partial charge in [-0.05, 0) is 30.3 Å². The van der Waals surface area contributed by atoms with Gasteiger partial charge >= 0.3 is 6.18 Å². The zero-order valence-electron chi connectivity index (χ0n) is 13.1. The molecule has 0 atom stereocenters. The van der Waals surface area contributed by atoms with Crippen molar-refractivity contribution in [3.8, 4) is 11.5 Å². The summed E-state index contributed by atoms with van der Waals surface area (Å²) in [6.07, 6.45) is -3.22. The van der Waals surface area contributed by atoms with Crippen LogP contribution in [-0.2, 0) is 6.54 Å². The van der Waals surface area contributed by atoms with Crippen LogP contribution in [0.4, 0.5) is 13.2 Å². The molecule has 1 heterocycles. The summed E-state index contributed by atoms with van der Waals surface area (Å²) in [5.41, 5.74) is -0.0207. The van der Waals surface area contributed by atoms with Crippen LogP contribution in [0.5, 0.6) is 11.5 Å². The Morgan fingerprint density at radius 1 is 1.21 bits per heavy atom. The molecule has 5 nitrogen and oxygen atoms in total. The Kier molecular flexibility index (Phi) is 5.38. The molecule has 0 N–H and O–H groups in total. The number of nitrogens with zero attached hydrogens (tertiary/aromatic N) is 1. The summed E-state index contributed by atoms with van der Waals surface area (Å²) in [5, 5.41) is 0. The second-order valence-electron chi connectivity index (χ2n) is 4.92. The van der Waals surface area contributed by atoms with Gasteiger partial charge in [0.05, 0.1) is 32.6 Å². The van der Waals surface area contributed by atoms with E-state index < -0.39 is 18.6 Å². The average Bonchev–Trinajstić information content (AvgIpc) is 3.04. The minimum Gasteiger partial charge on any atom is -0.497 e. The summed E-state index contributed by atoms with van der Waals surface area (Å²) in [6.45, 7) is -1.72. The second-order valence-corrected chi connectivity index (χ2v) is 4.92. The lowest BCUT2D eigenvalue weighted by Gasteiger charge is -2.24. The summed E-state index contributed by atoms with van der Waals surface area (Å²) in [4.78, 5) is 13.3. The van der Waals surface area contributed by atoms with Crippen LogP contribution in [0.15, 0.2) is 41.0 Å². The Bertz CT molecular complexity index is 683. The van der Waals surface area contributed by atoms with Gasteiger partial charge in [-0.2, -0.15) is 13.2 Å². The fourth-order valence-corrected chi connectivity index (χ4v) is 2.16. The van der Waals surface area contributed by atoms with E-state index in [-0.39, 0.29) is 23.6 Å². The Morgan fingerprint density at radius 2 is 1.96 bits per heavy atom. The number of benzene rings is 1. The summed E-state index contributed by atoms with van der Waals surface area (Å²) >= 11 is 0. The highest BCUT2D eigenvalue weighted by Crippen LogP contribution is 2.27. The Labute approximate surface area is 136 Å². The summed E-state index contributed by atoms with van der Waals surface area (Å²) in [6, 6.07) is 7.39. The van der Waals surface area contributed by atoms with Crippen LogP contribution in [-0.4, -0.2) is 37.7 Å². The number of methoxy groups -OCH3 is 2. The van der Waals surface area contributed by atoms with Crippen LogP contribution in [0.25, 0.3) is 0 Å². The first-order valence-electron chi connectivity index (χ1n) is 6.94. The molecule has 0 fully saturated rings. The monoisotopic (exact) mass is 343 g/mol. The first-order chi connectivity index (χ1) is 11.3. The van der Waals surface area contributed by atoms with Crippen molar-refractivity contribution in [2.75, 3.05) is 20.8 Å². The molecule has 130 valence electrons. The first kappa shape index (κ1) is 17.7. The SMILES string of the molecule is COc1ccc(OC)c(C(=O)N(Cc2ccco2)CC(F)(F)F)c1. The fraction of sp³-hybridized carbons (Fsp3) is 0.312. The lowest BCUT2D eigenvalue weighted by atomic mass is 10.1. The molecule has 24 heavy (non-hydrogen) atoms. The number of carbonyl (C=O) groups excluding carboxylic acids is 1. The van der Waals surface area contributed by atoms with Gasteiger partial charge in [0.2, 0.25) is 0 Å². The van der Waals surface area contributed by atoms with Gasteiger partial charge in [-0.1, -0.05) is 0 Å². The van der Waals surface area contributed by atoms with E-state index in [1.54, 1.807) is 6.07 Å². The molecular formula is C16H16F3NO4. The molecule has 1 amide bonds. The molecule has 0 unspecified atom stereocenters. The molecule has 0 saturated carbocycles. The van der Waals surface area contributed by atoms with Crippen molar-refractivity contribution in [3.63, 3.8) is 0 Å². The molecule has 2 rings (SSSR count). The number of alkyl halides is 3. The van der Waals surface area contributed by atoms with Gasteiger partial charge in [0, 0.05) is 0 Å². The number of halogens is 3. The molecule has 0 saturated heterocycles. The molecule has 1 aromatic heterocycles. The van der Waals surface area contributed by atoms with E-state index in [1.807, 2.05) is 0 Å². The topological polar surface area (TPSA) is 51.9 Å². The number of rotatable bonds is 6. The number of hydrogen-bond donors (Lipinski definition) is 0. The smallest absolute Gasteiger partial charge is 0.406 e. The maximum atomic E-state index is 12.9. The van der Waals surface area contributed by atoms with E-state index in [9.17, 15) is 18.0 Å². The van der Waals surface area contributed by atoms with Crippen molar-refractivity contribution in [2.24, 2.45) is 0 Å². The summed E-state index contributed by atoms with van der Waals surface area (Å²) in [5.74, 6) is -0.0922. The molecule has 0 aliphatic carbocycles. The zero-order chi connectivity index (χ0) is 17.7. The van der Waals surface area contributed by atoms with Crippen molar-refractivity contribution in [3.05, 3.63) is 47.9 Å². The van der Waals surface area contributed by atoms with Gasteiger partial charge < -0.3 is 18.8 Å². The second kappa shape index (κ2) is 7.29. The predicted octanol–water partition coefficient (Wildman–Crippen LogP) is 3.50. The average molecular weight is 343 g/mol. The zero-order valence-corrected chi connectivity index (χ0v) is 13.1. The Hall–Kier alpha value is -2.64. The highest BCUT2D eigenvalue weighted by Gasteiger charge is 2.34. The highest BCUT2D eigenvalue weighted by molar-refractivity contribution is 5.97. The van der Waals surface area contributed by atoms with Crippen molar-refractivity contribution in [2.45, 2.75) is 12.7 Å². The Morgan fingerprint density at radius 3 is 2.50 bits per heavy atom. The van der Waals surface area contributed by atoms with Crippen LogP contribution in [0, 0.1) is 0 Å². The fourth-order valence-electron chi connectivity index (χ4n) is 2.16. The third kappa shape index (κ3) is 4.43. The maximum absolute atomic E-state index is 12.9. The lowest BCUT2D eigenvalue weighted by molar-refractivity contribution is -0.142. The van der Waals surface area contributed by atoms with Crippen LogP contribution < -0.4 is 9.47 Å². The van der Waals surface area contributed by atoms with Crippen LogP contribution in [0.1, 0.15) is 16.1 Å². The molecule has 0 bridgehead atoms. The molecule has 8 heteroatoms. The van der Waals surface area contributed by atoms with Gasteiger partial charge in [-0.3, -0.25) is 4.79 Å². The number of carbonyl (C=O) groups is 1. The van der Waals surface area contributed by atoms with Crippen molar-refractivity contribution >= 4 is 5.91 Å². The molecular weight excluding hydrogens is 327 g/mol. The van der Waals surface area contributed by atoms with E-state index >= 15 is 0 Å². The number of furan rings is 1. The van der Waals surface area contributed by atoms with E-state index in [0.29, 0.717) is 10.6 Å². The molecule has 1 aromatic carbocycles.